The van der Waals surface area contributed by atoms with Gasteiger partial charge in [-0.15, -0.1) is 0 Å². The van der Waals surface area contributed by atoms with Gasteiger partial charge in [-0.25, -0.2) is 4.79 Å². The van der Waals surface area contributed by atoms with E-state index in [2.05, 4.69) is 52.0 Å². The Balaban J connectivity index is 1.11. The third-order valence-electron chi connectivity index (χ3n) is 11.0. The highest BCUT2D eigenvalue weighted by Crippen LogP contribution is 2.54. The third kappa shape index (κ3) is 6.00. The smallest absolute Gasteiger partial charge is 0.343 e. The molecule has 0 saturated heterocycles. The summed E-state index contributed by atoms with van der Waals surface area (Å²) in [6, 6.07) is 27.7. The van der Waals surface area contributed by atoms with Gasteiger partial charge in [0.2, 0.25) is 0 Å². The van der Waals surface area contributed by atoms with E-state index in [-0.39, 0.29) is 22.0 Å². The van der Waals surface area contributed by atoms with Crippen LogP contribution in [0.5, 0.6) is 23.0 Å². The number of rotatable bonds is 6. The maximum atomic E-state index is 13.5. The Morgan fingerprint density at radius 1 is 0.633 bits per heavy atom. The summed E-state index contributed by atoms with van der Waals surface area (Å²) >= 11 is 0. The average Bonchev–Trinajstić information content (AvgIpc) is 3.08. The first-order chi connectivity index (χ1) is 23.3. The summed E-state index contributed by atoms with van der Waals surface area (Å²) in [4.78, 5) is 25.6. The molecule has 7 rings (SSSR count). The molecular weight excluding hydrogens is 612 g/mol. The summed E-state index contributed by atoms with van der Waals surface area (Å²) in [5.74, 6) is 1.57. The number of ketones is 1. The van der Waals surface area contributed by atoms with Crippen molar-refractivity contribution < 1.29 is 28.5 Å². The minimum absolute atomic E-state index is 0.0340. The maximum absolute atomic E-state index is 13.5. The highest BCUT2D eigenvalue weighted by molar-refractivity contribution is 5.94. The third-order valence-corrected chi connectivity index (χ3v) is 11.0. The molecule has 1 aliphatic carbocycles. The second-order valence-corrected chi connectivity index (χ2v) is 15.5. The van der Waals surface area contributed by atoms with Crippen LogP contribution in [0.2, 0.25) is 0 Å². The number of carbonyl (C=O) groups excluding carboxylic acids is 2. The second-order valence-electron chi connectivity index (χ2n) is 15.5. The molecule has 0 N–H and O–H groups in total. The van der Waals surface area contributed by atoms with Crippen LogP contribution in [-0.2, 0) is 16.2 Å². The van der Waals surface area contributed by atoms with E-state index < -0.39 is 11.8 Å². The Morgan fingerprint density at radius 2 is 1.12 bits per heavy atom. The van der Waals surface area contributed by atoms with Crippen molar-refractivity contribution in [1.82, 2.24) is 0 Å². The maximum Gasteiger partial charge on any atom is 0.343 e. The summed E-state index contributed by atoms with van der Waals surface area (Å²) < 4.78 is 24.7. The molecule has 49 heavy (non-hydrogen) atoms. The number of benzene rings is 4. The van der Waals surface area contributed by atoms with Crippen LogP contribution in [0.25, 0.3) is 0 Å². The first-order valence-electron chi connectivity index (χ1n) is 17.5. The SMILES string of the molecule is COc1ccc(C2(c3ccc(OC(=O)c4ccc5c(c4)C(C)(C)CC4(CC(C)(C)c6cc(C(C)=O)ccc6O4)O5)cc3)CCCCC2)cc1. The van der Waals surface area contributed by atoms with Gasteiger partial charge in [0.05, 0.1) is 12.7 Å². The molecule has 0 aromatic heterocycles. The molecule has 2 heterocycles. The van der Waals surface area contributed by atoms with E-state index in [0.29, 0.717) is 35.5 Å². The first kappa shape index (κ1) is 32.9. The molecule has 4 aromatic rings. The van der Waals surface area contributed by atoms with Gasteiger partial charge in [0.15, 0.2) is 5.78 Å². The molecule has 0 amide bonds. The molecule has 3 aliphatic rings. The van der Waals surface area contributed by atoms with Gasteiger partial charge in [0, 0.05) is 45.8 Å². The number of Topliss-reactive ketones (excluding diaryl/α,β-unsaturated/α-hetero) is 1. The van der Waals surface area contributed by atoms with E-state index in [1.54, 1.807) is 20.1 Å². The topological polar surface area (TPSA) is 71.1 Å². The van der Waals surface area contributed by atoms with Crippen LogP contribution >= 0.6 is 0 Å². The van der Waals surface area contributed by atoms with E-state index in [1.165, 1.54) is 30.4 Å². The van der Waals surface area contributed by atoms with Gasteiger partial charge in [-0.3, -0.25) is 4.79 Å². The molecule has 4 aromatic carbocycles. The fourth-order valence-corrected chi connectivity index (χ4v) is 8.62. The average molecular weight is 659 g/mol. The Hall–Kier alpha value is -4.58. The zero-order valence-electron chi connectivity index (χ0n) is 29.5. The lowest BCUT2D eigenvalue weighted by molar-refractivity contribution is -0.166. The quantitative estimate of drug-likeness (QED) is 0.117. The van der Waals surface area contributed by atoms with Crippen LogP contribution in [0, 0.1) is 0 Å². The van der Waals surface area contributed by atoms with Crippen molar-refractivity contribution in [3.63, 3.8) is 0 Å². The fraction of sp³-hybridized carbons (Fsp3) is 0.395. The van der Waals surface area contributed by atoms with Crippen LogP contribution < -0.4 is 18.9 Å². The summed E-state index contributed by atoms with van der Waals surface area (Å²) in [7, 11) is 1.69. The standard InChI is InChI=1S/C43H46O6/c1-28(44)29-10-20-37-35(24-29)40(2,3)26-43(48-37)27-41(4,5)36-25-30(11-21-38(36)49-43)39(45)47-34-18-14-32(15-19-34)42(22-8-7-9-23-42)31-12-16-33(46-6)17-13-31/h10-21,24-25H,7-9,22-23,26-27H2,1-6H3. The first-order valence-corrected chi connectivity index (χ1v) is 17.5. The number of hydrogen-bond acceptors (Lipinski definition) is 6. The van der Waals surface area contributed by atoms with Crippen LogP contribution in [-0.4, -0.2) is 24.6 Å². The van der Waals surface area contributed by atoms with Crippen molar-refractivity contribution in [2.45, 2.75) is 102 Å². The van der Waals surface area contributed by atoms with Gasteiger partial charge < -0.3 is 18.9 Å². The van der Waals surface area contributed by atoms with Crippen LogP contribution in [0.3, 0.4) is 0 Å². The highest BCUT2D eigenvalue weighted by atomic mass is 16.7. The Bertz CT molecular complexity index is 1900. The number of hydrogen-bond donors (Lipinski definition) is 0. The van der Waals surface area contributed by atoms with E-state index in [0.717, 1.165) is 35.5 Å². The summed E-state index contributed by atoms with van der Waals surface area (Å²) in [5.41, 5.74) is 4.96. The zero-order chi connectivity index (χ0) is 34.6. The van der Waals surface area contributed by atoms with E-state index in [1.807, 2.05) is 54.6 Å². The van der Waals surface area contributed by atoms with Gasteiger partial charge in [0.1, 0.15) is 23.0 Å². The van der Waals surface area contributed by atoms with Gasteiger partial charge in [0.25, 0.3) is 5.79 Å². The van der Waals surface area contributed by atoms with E-state index in [4.69, 9.17) is 18.9 Å². The summed E-state index contributed by atoms with van der Waals surface area (Å²) in [6.45, 7) is 10.3. The molecular formula is C43H46O6. The van der Waals surface area contributed by atoms with Gasteiger partial charge in [-0.2, -0.15) is 0 Å². The van der Waals surface area contributed by atoms with Crippen LogP contribution in [0.15, 0.2) is 84.9 Å². The molecule has 1 atom stereocenters. The molecule has 1 unspecified atom stereocenters. The van der Waals surface area contributed by atoms with Crippen molar-refractivity contribution in [1.29, 1.82) is 0 Å². The second kappa shape index (κ2) is 12.1. The van der Waals surface area contributed by atoms with E-state index in [9.17, 15) is 9.59 Å². The number of carbonyl (C=O) groups is 2. The molecule has 1 fully saturated rings. The molecule has 1 spiro atoms. The number of methoxy groups -OCH3 is 1. The molecule has 6 heteroatoms. The lowest BCUT2D eigenvalue weighted by Crippen LogP contribution is -2.55. The Kier molecular flexibility index (Phi) is 8.12. The molecule has 2 aliphatic heterocycles. The van der Waals surface area contributed by atoms with Crippen LogP contribution in [0.1, 0.15) is 123 Å². The van der Waals surface area contributed by atoms with Crippen molar-refractivity contribution in [2.75, 3.05) is 7.11 Å². The van der Waals surface area contributed by atoms with Gasteiger partial charge in [-0.1, -0.05) is 71.2 Å². The Labute approximate surface area is 289 Å². The van der Waals surface area contributed by atoms with Crippen molar-refractivity contribution >= 4 is 11.8 Å². The predicted octanol–water partition coefficient (Wildman–Crippen LogP) is 9.88. The van der Waals surface area contributed by atoms with Crippen molar-refractivity contribution in [3.05, 3.63) is 118 Å². The minimum atomic E-state index is -0.879. The van der Waals surface area contributed by atoms with Gasteiger partial charge >= 0.3 is 5.97 Å². The normalized spacial score (nSPS) is 21.3. The van der Waals surface area contributed by atoms with Crippen molar-refractivity contribution in [2.24, 2.45) is 0 Å². The minimum Gasteiger partial charge on any atom is -0.497 e. The zero-order valence-corrected chi connectivity index (χ0v) is 29.5. The van der Waals surface area contributed by atoms with Crippen molar-refractivity contribution in [3.8, 4) is 23.0 Å². The summed E-state index contributed by atoms with van der Waals surface area (Å²) in [5, 5.41) is 0. The number of ether oxygens (including phenoxy) is 4. The number of esters is 1. The molecule has 0 bridgehead atoms. The lowest BCUT2D eigenvalue weighted by atomic mass is 9.65. The lowest BCUT2D eigenvalue weighted by Gasteiger charge is -2.51. The number of fused-ring (bicyclic) bond motifs is 2. The fourth-order valence-electron chi connectivity index (χ4n) is 8.62. The Morgan fingerprint density at radius 3 is 1.63 bits per heavy atom. The molecule has 6 nitrogen and oxygen atoms in total. The molecule has 254 valence electrons. The van der Waals surface area contributed by atoms with E-state index >= 15 is 0 Å². The predicted molar refractivity (Wildman–Crippen MR) is 190 cm³/mol. The molecule has 0 radical (unpaired) electrons. The van der Waals surface area contributed by atoms with Crippen LogP contribution in [0.4, 0.5) is 0 Å². The monoisotopic (exact) mass is 658 g/mol. The largest absolute Gasteiger partial charge is 0.497 e. The highest BCUT2D eigenvalue weighted by Gasteiger charge is 2.53. The summed E-state index contributed by atoms with van der Waals surface area (Å²) in [6.07, 6.45) is 7.00. The molecule has 1 saturated carbocycles. The van der Waals surface area contributed by atoms with Gasteiger partial charge in [-0.05, 0) is 91.6 Å².